The van der Waals surface area contributed by atoms with Gasteiger partial charge in [-0.1, -0.05) is 6.92 Å². The summed E-state index contributed by atoms with van der Waals surface area (Å²) in [5.74, 6) is -0.0277. The molecule has 144 valence electrons. The minimum absolute atomic E-state index is 0.0277. The van der Waals surface area contributed by atoms with Crippen LogP contribution in [0.25, 0.3) is 0 Å². The van der Waals surface area contributed by atoms with Crippen LogP contribution in [0, 0.1) is 0 Å². The number of imidazole rings is 1. The second kappa shape index (κ2) is 7.26. The minimum Gasteiger partial charge on any atom is -0.348 e. The molecule has 0 unspecified atom stereocenters. The molecule has 8 nitrogen and oxygen atoms in total. The van der Waals surface area contributed by atoms with Crippen molar-refractivity contribution in [2.24, 2.45) is 0 Å². The maximum absolute atomic E-state index is 12.7. The van der Waals surface area contributed by atoms with Crippen LogP contribution in [0.1, 0.15) is 37.6 Å². The standard InChI is InChI=1S/C19H26N6O2/c1-2-8-25-10-4-15-17(22-14-21-15)19(25)5-11-23(12-6-19)16(26)13-24-9-3-7-20-18(24)27/h3,7,9,14H,2,4-6,8,10-13H2,1H3,(H,21,22). The Morgan fingerprint density at radius 1 is 1.26 bits per heavy atom. The zero-order valence-electron chi connectivity index (χ0n) is 15.7. The number of hydrogen-bond acceptors (Lipinski definition) is 5. The van der Waals surface area contributed by atoms with Crippen LogP contribution in [0.4, 0.5) is 0 Å². The number of nitrogens with zero attached hydrogens (tertiary/aromatic N) is 5. The molecule has 1 fully saturated rings. The molecule has 0 atom stereocenters. The Morgan fingerprint density at radius 2 is 2.07 bits per heavy atom. The Morgan fingerprint density at radius 3 is 2.81 bits per heavy atom. The monoisotopic (exact) mass is 370 g/mol. The molecule has 27 heavy (non-hydrogen) atoms. The number of aromatic amines is 1. The number of carbonyl (C=O) groups is 1. The van der Waals surface area contributed by atoms with Crippen molar-refractivity contribution >= 4 is 5.91 Å². The molecule has 4 heterocycles. The summed E-state index contributed by atoms with van der Waals surface area (Å²) >= 11 is 0. The SMILES string of the molecule is CCCN1CCc2[nH]cnc2C12CCN(C(=O)Cn1cccnc1=O)CC2. The Kier molecular flexibility index (Phi) is 4.82. The normalized spacial score (nSPS) is 19.2. The summed E-state index contributed by atoms with van der Waals surface area (Å²) in [4.78, 5) is 40.6. The second-order valence-corrected chi connectivity index (χ2v) is 7.41. The molecule has 0 saturated carbocycles. The number of likely N-dealkylation sites (tertiary alicyclic amines) is 1. The molecule has 0 bridgehead atoms. The third-order valence-electron chi connectivity index (χ3n) is 5.92. The molecular formula is C19H26N6O2. The van der Waals surface area contributed by atoms with Crippen LogP contribution in [0.15, 0.2) is 29.6 Å². The van der Waals surface area contributed by atoms with Crippen molar-refractivity contribution < 1.29 is 4.79 Å². The lowest BCUT2D eigenvalue weighted by molar-refractivity contribution is -0.135. The average molecular weight is 370 g/mol. The topological polar surface area (TPSA) is 87.1 Å². The first kappa shape index (κ1) is 17.9. The van der Waals surface area contributed by atoms with Gasteiger partial charge in [-0.2, -0.15) is 0 Å². The molecule has 2 aromatic rings. The molecule has 0 aliphatic carbocycles. The highest BCUT2D eigenvalue weighted by molar-refractivity contribution is 5.76. The zero-order valence-corrected chi connectivity index (χ0v) is 15.7. The first-order valence-corrected chi connectivity index (χ1v) is 9.71. The van der Waals surface area contributed by atoms with Gasteiger partial charge < -0.3 is 9.88 Å². The summed E-state index contributed by atoms with van der Waals surface area (Å²) in [6, 6.07) is 1.67. The fourth-order valence-electron chi connectivity index (χ4n) is 4.55. The number of rotatable bonds is 4. The van der Waals surface area contributed by atoms with Crippen molar-refractivity contribution in [3.63, 3.8) is 0 Å². The van der Waals surface area contributed by atoms with Crippen LogP contribution in [0.3, 0.4) is 0 Å². The van der Waals surface area contributed by atoms with Gasteiger partial charge in [-0.05, 0) is 31.9 Å². The van der Waals surface area contributed by atoms with Gasteiger partial charge in [-0.3, -0.25) is 14.3 Å². The third kappa shape index (κ3) is 3.18. The molecule has 4 rings (SSSR count). The van der Waals surface area contributed by atoms with Crippen molar-refractivity contribution in [3.8, 4) is 0 Å². The summed E-state index contributed by atoms with van der Waals surface area (Å²) < 4.78 is 1.36. The number of amides is 1. The van der Waals surface area contributed by atoms with E-state index in [4.69, 9.17) is 0 Å². The molecule has 1 spiro atoms. The summed E-state index contributed by atoms with van der Waals surface area (Å²) in [6.45, 7) is 5.69. The van der Waals surface area contributed by atoms with Crippen LogP contribution in [0.2, 0.25) is 0 Å². The maximum Gasteiger partial charge on any atom is 0.347 e. The minimum atomic E-state index is -0.387. The number of hydrogen-bond donors (Lipinski definition) is 1. The molecular weight excluding hydrogens is 344 g/mol. The maximum atomic E-state index is 12.7. The van der Waals surface area contributed by atoms with E-state index in [1.807, 2.05) is 4.90 Å². The number of carbonyl (C=O) groups excluding carboxylic acids is 1. The summed E-state index contributed by atoms with van der Waals surface area (Å²) in [6.07, 6.45) is 8.71. The molecule has 2 aliphatic heterocycles. The lowest BCUT2D eigenvalue weighted by Crippen LogP contribution is -2.57. The smallest absolute Gasteiger partial charge is 0.347 e. The molecule has 0 aromatic carbocycles. The van der Waals surface area contributed by atoms with Gasteiger partial charge >= 0.3 is 5.69 Å². The van der Waals surface area contributed by atoms with Gasteiger partial charge in [-0.25, -0.2) is 14.8 Å². The van der Waals surface area contributed by atoms with Crippen molar-refractivity contribution in [3.05, 3.63) is 46.7 Å². The lowest BCUT2D eigenvalue weighted by Gasteiger charge is -2.50. The van der Waals surface area contributed by atoms with Gasteiger partial charge in [0.15, 0.2) is 0 Å². The van der Waals surface area contributed by atoms with Crippen molar-refractivity contribution in [1.82, 2.24) is 29.3 Å². The zero-order chi connectivity index (χ0) is 18.9. The average Bonchev–Trinajstić information content (AvgIpc) is 3.17. The van der Waals surface area contributed by atoms with E-state index in [9.17, 15) is 9.59 Å². The number of H-pyrrole nitrogens is 1. The van der Waals surface area contributed by atoms with Crippen LogP contribution >= 0.6 is 0 Å². The van der Waals surface area contributed by atoms with E-state index >= 15 is 0 Å². The van der Waals surface area contributed by atoms with Crippen molar-refractivity contribution in [2.45, 2.75) is 44.7 Å². The number of piperidine rings is 1. The number of fused-ring (bicyclic) bond motifs is 2. The van der Waals surface area contributed by atoms with Crippen LogP contribution in [-0.2, 0) is 23.3 Å². The first-order chi connectivity index (χ1) is 13.1. The van der Waals surface area contributed by atoms with E-state index in [0.717, 1.165) is 44.5 Å². The van der Waals surface area contributed by atoms with Gasteiger partial charge in [0.2, 0.25) is 5.91 Å². The fraction of sp³-hybridized carbons (Fsp3) is 0.579. The second-order valence-electron chi connectivity index (χ2n) is 7.41. The summed E-state index contributed by atoms with van der Waals surface area (Å²) in [5.41, 5.74) is 1.94. The molecule has 8 heteroatoms. The molecule has 1 amide bonds. The van der Waals surface area contributed by atoms with E-state index < -0.39 is 0 Å². The van der Waals surface area contributed by atoms with Gasteiger partial charge in [-0.15, -0.1) is 0 Å². The highest BCUT2D eigenvalue weighted by Crippen LogP contribution is 2.42. The summed E-state index contributed by atoms with van der Waals surface area (Å²) in [7, 11) is 0. The number of nitrogens with one attached hydrogen (secondary N) is 1. The van der Waals surface area contributed by atoms with Crippen molar-refractivity contribution in [2.75, 3.05) is 26.2 Å². The Balaban J connectivity index is 1.50. The van der Waals surface area contributed by atoms with Crippen molar-refractivity contribution in [1.29, 1.82) is 0 Å². The Labute approximate surface area is 158 Å². The highest BCUT2D eigenvalue weighted by atomic mass is 16.2. The van der Waals surface area contributed by atoms with Crippen LogP contribution in [-0.4, -0.2) is 61.4 Å². The predicted octanol–water partition coefficient (Wildman–Crippen LogP) is 0.752. The van der Waals surface area contributed by atoms with Crippen LogP contribution < -0.4 is 5.69 Å². The van der Waals surface area contributed by atoms with E-state index in [2.05, 4.69) is 26.8 Å². The van der Waals surface area contributed by atoms with Gasteiger partial charge in [0, 0.05) is 44.1 Å². The molecule has 2 aliphatic rings. The quantitative estimate of drug-likeness (QED) is 0.858. The number of aromatic nitrogens is 4. The fourth-order valence-corrected chi connectivity index (χ4v) is 4.55. The molecule has 2 aromatic heterocycles. The van der Waals surface area contributed by atoms with E-state index in [1.165, 1.54) is 16.5 Å². The largest absolute Gasteiger partial charge is 0.348 e. The highest BCUT2D eigenvalue weighted by Gasteiger charge is 2.46. The van der Waals surface area contributed by atoms with Gasteiger partial charge in [0.05, 0.1) is 17.6 Å². The molecule has 1 N–H and O–H groups in total. The van der Waals surface area contributed by atoms with E-state index in [0.29, 0.717) is 13.1 Å². The van der Waals surface area contributed by atoms with Gasteiger partial charge in [0.25, 0.3) is 0 Å². The van der Waals surface area contributed by atoms with Crippen LogP contribution in [0.5, 0.6) is 0 Å². The lowest BCUT2D eigenvalue weighted by atomic mass is 9.78. The first-order valence-electron chi connectivity index (χ1n) is 9.71. The molecule has 1 saturated heterocycles. The van der Waals surface area contributed by atoms with E-state index in [1.54, 1.807) is 18.6 Å². The third-order valence-corrected chi connectivity index (χ3v) is 5.92. The van der Waals surface area contributed by atoms with E-state index in [-0.39, 0.29) is 23.7 Å². The van der Waals surface area contributed by atoms with Gasteiger partial charge in [0.1, 0.15) is 6.54 Å². The predicted molar refractivity (Wildman–Crippen MR) is 100 cm³/mol. The Hall–Kier alpha value is -2.48. The molecule has 0 radical (unpaired) electrons. The Bertz CT molecular complexity index is 865. The summed E-state index contributed by atoms with van der Waals surface area (Å²) in [5, 5.41) is 0.